The lowest BCUT2D eigenvalue weighted by Gasteiger charge is -2.37. The Morgan fingerprint density at radius 1 is 1.19 bits per heavy atom. The van der Waals surface area contributed by atoms with E-state index in [1.54, 1.807) is 18.3 Å². The van der Waals surface area contributed by atoms with Gasteiger partial charge in [0.05, 0.1) is 0 Å². The second-order valence-corrected chi connectivity index (χ2v) is 7.78. The second kappa shape index (κ2) is 6.58. The standard InChI is InChI=1S/C18H16N3O4P/c1-13-17(14-7-3-2-4-8-14)24-18(20-12-19)21(13)26(22)23-11-15-9-5-6-10-16(15)25-26/h2-10,13,17H,11H2,1H3/t13-,17-,26?/m1/s1. The molecule has 0 amide bonds. The first-order valence-electron chi connectivity index (χ1n) is 8.12. The van der Waals surface area contributed by atoms with Crippen molar-refractivity contribution in [3.8, 4) is 11.9 Å². The molecule has 2 aliphatic heterocycles. The van der Waals surface area contributed by atoms with Crippen LogP contribution in [0.3, 0.4) is 0 Å². The van der Waals surface area contributed by atoms with Crippen LogP contribution in [0.5, 0.6) is 5.75 Å². The van der Waals surface area contributed by atoms with Gasteiger partial charge in [0.25, 0.3) is 0 Å². The summed E-state index contributed by atoms with van der Waals surface area (Å²) >= 11 is 0. The first kappa shape index (κ1) is 16.8. The molecule has 0 saturated carbocycles. The third-order valence-electron chi connectivity index (χ3n) is 4.36. The molecule has 0 aliphatic carbocycles. The maximum atomic E-state index is 13.5. The van der Waals surface area contributed by atoms with E-state index < -0.39 is 20.2 Å². The molecule has 132 valence electrons. The van der Waals surface area contributed by atoms with E-state index in [1.807, 2.05) is 49.4 Å². The molecule has 2 heterocycles. The van der Waals surface area contributed by atoms with Crippen LogP contribution >= 0.6 is 8.09 Å². The van der Waals surface area contributed by atoms with Crippen LogP contribution in [0, 0.1) is 11.5 Å². The average Bonchev–Trinajstić information content (AvgIpc) is 2.99. The summed E-state index contributed by atoms with van der Waals surface area (Å²) < 4.78 is 18.5. The molecule has 0 N–H and O–H groups in total. The molecule has 7 nitrogen and oxygen atoms in total. The number of rotatable bonds is 2. The number of para-hydroxylation sites is 1. The largest absolute Gasteiger partial charge is 0.604 e. The Labute approximate surface area is 151 Å². The van der Waals surface area contributed by atoms with Crippen molar-refractivity contribution in [3.05, 3.63) is 65.7 Å². The predicted molar refractivity (Wildman–Crippen MR) is 93.4 cm³/mol. The Morgan fingerprint density at radius 3 is 2.69 bits per heavy atom. The fourth-order valence-electron chi connectivity index (χ4n) is 3.13. The molecule has 2 aromatic carbocycles. The Hall–Kier alpha value is -2.65. The molecule has 4 rings (SSSR count). The highest BCUT2D eigenvalue weighted by atomic mass is 31.2. The number of hydrogen-bond donors (Lipinski definition) is 0. The molecular formula is C18H16N3O4P. The summed E-state index contributed by atoms with van der Waals surface area (Å²) in [5, 5.41) is 9.01. The maximum Gasteiger partial charge on any atom is 0.393 e. The topological polar surface area (TPSA) is 90.1 Å². The van der Waals surface area contributed by atoms with Gasteiger partial charge in [-0.1, -0.05) is 48.5 Å². The second-order valence-electron chi connectivity index (χ2n) is 5.97. The number of hydrogen-bond acceptors (Lipinski definition) is 6. The molecule has 0 aromatic heterocycles. The molecule has 26 heavy (non-hydrogen) atoms. The molecule has 8 heteroatoms. The summed E-state index contributed by atoms with van der Waals surface area (Å²) in [7, 11) is -3.77. The highest BCUT2D eigenvalue weighted by molar-refractivity contribution is 7.57. The van der Waals surface area contributed by atoms with Gasteiger partial charge in [-0.25, -0.2) is 0 Å². The molecule has 0 bridgehead atoms. The maximum absolute atomic E-state index is 13.5. The Morgan fingerprint density at radius 2 is 1.92 bits per heavy atom. The van der Waals surface area contributed by atoms with Crippen molar-refractivity contribution < 1.29 is 18.7 Å². The number of aliphatic imine (C=N–C) groups is 1. The van der Waals surface area contributed by atoms with E-state index in [0.29, 0.717) is 5.75 Å². The van der Waals surface area contributed by atoms with E-state index in [4.69, 9.17) is 19.0 Å². The van der Waals surface area contributed by atoms with Crippen LogP contribution in [-0.4, -0.2) is 16.7 Å². The van der Waals surface area contributed by atoms with Crippen LogP contribution < -0.4 is 9.42 Å². The van der Waals surface area contributed by atoms with Crippen molar-refractivity contribution in [1.29, 1.82) is 5.26 Å². The SMILES string of the molecule is C[C@@H]1[C@H](c2ccccc2)OC(=NC#N)N1[P+]1([O-])OCc2ccccc2O1. The van der Waals surface area contributed by atoms with E-state index in [9.17, 15) is 4.89 Å². The van der Waals surface area contributed by atoms with Gasteiger partial charge in [-0.15, -0.1) is 9.66 Å². The number of nitrogens with zero attached hydrogens (tertiary/aromatic N) is 3. The number of ether oxygens (including phenoxy) is 1. The molecular weight excluding hydrogens is 353 g/mol. The Balaban J connectivity index is 1.70. The Bertz CT molecular complexity index is 886. The third kappa shape index (κ3) is 2.78. The van der Waals surface area contributed by atoms with Crippen molar-refractivity contribution >= 4 is 14.1 Å². The van der Waals surface area contributed by atoms with Gasteiger partial charge in [0.1, 0.15) is 12.6 Å². The van der Waals surface area contributed by atoms with Crippen molar-refractivity contribution in [1.82, 2.24) is 4.67 Å². The average molecular weight is 369 g/mol. The van der Waals surface area contributed by atoms with Gasteiger partial charge >= 0.3 is 14.1 Å². The molecule has 1 unspecified atom stereocenters. The van der Waals surface area contributed by atoms with Crippen LogP contribution in [-0.2, 0) is 15.9 Å². The van der Waals surface area contributed by atoms with Crippen LogP contribution in [0.2, 0.25) is 0 Å². The first-order chi connectivity index (χ1) is 12.6. The monoisotopic (exact) mass is 369 g/mol. The molecule has 1 fully saturated rings. The number of benzene rings is 2. The fraction of sp³-hybridized carbons (Fsp3) is 0.222. The Kier molecular flexibility index (Phi) is 4.25. The lowest BCUT2D eigenvalue weighted by atomic mass is 10.0. The molecule has 0 spiro atoms. The number of fused-ring (bicyclic) bond motifs is 1. The summed E-state index contributed by atoms with van der Waals surface area (Å²) in [6.07, 6.45) is 1.25. The van der Waals surface area contributed by atoms with E-state index >= 15 is 0 Å². The zero-order chi connectivity index (χ0) is 18.1. The van der Waals surface area contributed by atoms with E-state index in [-0.39, 0.29) is 12.6 Å². The van der Waals surface area contributed by atoms with Crippen LogP contribution in [0.15, 0.2) is 59.6 Å². The summed E-state index contributed by atoms with van der Waals surface area (Å²) in [5.74, 6) is 0.494. The summed E-state index contributed by atoms with van der Waals surface area (Å²) in [5.41, 5.74) is 1.70. The van der Waals surface area contributed by atoms with Crippen LogP contribution in [0.25, 0.3) is 0 Å². The van der Waals surface area contributed by atoms with E-state index in [1.165, 1.54) is 4.67 Å². The van der Waals surface area contributed by atoms with Crippen LogP contribution in [0.1, 0.15) is 24.2 Å². The molecule has 2 aliphatic rings. The lowest BCUT2D eigenvalue weighted by molar-refractivity contribution is -0.227. The van der Waals surface area contributed by atoms with E-state index in [2.05, 4.69) is 4.99 Å². The van der Waals surface area contributed by atoms with Crippen molar-refractivity contribution in [2.45, 2.75) is 25.7 Å². The smallest absolute Gasteiger partial charge is 0.393 e. The van der Waals surface area contributed by atoms with Gasteiger partial charge < -0.3 is 9.63 Å². The fourth-order valence-corrected chi connectivity index (χ4v) is 4.99. The van der Waals surface area contributed by atoms with Gasteiger partial charge in [0, 0.05) is 5.56 Å². The normalized spacial score (nSPS) is 28.8. The molecule has 3 atom stereocenters. The minimum atomic E-state index is -3.77. The highest BCUT2D eigenvalue weighted by Crippen LogP contribution is 2.63. The third-order valence-corrected chi connectivity index (χ3v) is 6.31. The van der Waals surface area contributed by atoms with Gasteiger partial charge in [0.2, 0.25) is 6.19 Å². The number of nitriles is 1. The molecule has 2 aromatic rings. The minimum absolute atomic E-state index is 0.0587. The summed E-state index contributed by atoms with van der Waals surface area (Å²) in [4.78, 5) is 17.2. The lowest BCUT2D eigenvalue weighted by Crippen LogP contribution is -2.42. The zero-order valence-electron chi connectivity index (χ0n) is 14.0. The zero-order valence-corrected chi connectivity index (χ0v) is 14.9. The predicted octanol–water partition coefficient (Wildman–Crippen LogP) is 2.93. The van der Waals surface area contributed by atoms with Crippen molar-refractivity contribution in [2.24, 2.45) is 4.99 Å². The van der Waals surface area contributed by atoms with E-state index in [0.717, 1.165) is 11.1 Å². The van der Waals surface area contributed by atoms with Crippen molar-refractivity contribution in [2.75, 3.05) is 0 Å². The summed E-state index contributed by atoms with van der Waals surface area (Å²) in [6.45, 7) is 1.98. The highest BCUT2D eigenvalue weighted by Gasteiger charge is 2.56. The van der Waals surface area contributed by atoms with Gasteiger partial charge in [-0.3, -0.25) is 4.52 Å². The van der Waals surface area contributed by atoms with Crippen LogP contribution in [0.4, 0.5) is 0 Å². The quantitative estimate of drug-likeness (QED) is 0.597. The summed E-state index contributed by atoms with van der Waals surface area (Å²) in [6, 6.07) is 16.3. The minimum Gasteiger partial charge on any atom is -0.604 e. The van der Waals surface area contributed by atoms with Gasteiger partial charge in [0.15, 0.2) is 11.9 Å². The van der Waals surface area contributed by atoms with Gasteiger partial charge in [-0.2, -0.15) is 9.79 Å². The first-order valence-corrected chi connectivity index (χ1v) is 9.62. The number of amidine groups is 1. The molecule has 1 saturated heterocycles. The van der Waals surface area contributed by atoms with Crippen molar-refractivity contribution in [3.63, 3.8) is 0 Å². The molecule has 0 radical (unpaired) electrons. The van der Waals surface area contributed by atoms with Gasteiger partial charge in [-0.05, 0) is 18.6 Å².